The van der Waals surface area contributed by atoms with Gasteiger partial charge >= 0.3 is 0 Å². The SMILES string of the molecule is O=C(Nc1c(Br)cc(Br)cc1-c1nc2ccccc2s1)c1ccc(-c2ccc(Br)cc2)o1. The lowest BCUT2D eigenvalue weighted by molar-refractivity contribution is 0.0997. The lowest BCUT2D eigenvalue weighted by Crippen LogP contribution is -2.12. The number of fused-ring (bicyclic) bond motifs is 1. The molecule has 2 heterocycles. The third kappa shape index (κ3) is 4.32. The van der Waals surface area contributed by atoms with Crippen molar-refractivity contribution in [3.63, 3.8) is 0 Å². The summed E-state index contributed by atoms with van der Waals surface area (Å²) in [5.74, 6) is 0.524. The number of carbonyl (C=O) groups is 1. The minimum absolute atomic E-state index is 0.230. The summed E-state index contributed by atoms with van der Waals surface area (Å²) >= 11 is 12.1. The quantitative estimate of drug-likeness (QED) is 0.216. The molecule has 0 saturated heterocycles. The molecule has 0 bridgehead atoms. The zero-order valence-corrected chi connectivity index (χ0v) is 21.8. The van der Waals surface area contributed by atoms with Crippen molar-refractivity contribution >= 4 is 80.9 Å². The maximum Gasteiger partial charge on any atom is 0.291 e. The van der Waals surface area contributed by atoms with Crippen LogP contribution in [0, 0.1) is 0 Å². The third-order valence-corrected chi connectivity index (χ3v) is 7.46. The molecule has 2 aromatic heterocycles. The average molecular weight is 633 g/mol. The number of amides is 1. The standard InChI is InChI=1S/C24H13Br3N2O2S/c25-14-7-5-13(6-8-14)19-9-10-20(31-19)23(30)29-22-16(11-15(26)12-17(22)27)24-28-18-3-1-2-4-21(18)32-24/h1-12H,(H,29,30). The maximum atomic E-state index is 13.0. The molecule has 5 rings (SSSR count). The van der Waals surface area contributed by atoms with Crippen LogP contribution in [0.2, 0.25) is 0 Å². The molecule has 5 aromatic rings. The summed E-state index contributed by atoms with van der Waals surface area (Å²) in [6.07, 6.45) is 0. The zero-order valence-electron chi connectivity index (χ0n) is 16.2. The van der Waals surface area contributed by atoms with Gasteiger partial charge in [-0.15, -0.1) is 11.3 Å². The minimum atomic E-state index is -0.334. The first kappa shape index (κ1) is 21.6. The number of carbonyl (C=O) groups excluding carboxylic acids is 1. The van der Waals surface area contributed by atoms with Gasteiger partial charge in [0.25, 0.3) is 5.91 Å². The molecule has 3 aromatic carbocycles. The number of nitrogens with one attached hydrogen (secondary N) is 1. The Hall–Kier alpha value is -2.26. The van der Waals surface area contributed by atoms with Crippen LogP contribution in [0.4, 0.5) is 5.69 Å². The van der Waals surface area contributed by atoms with Crippen LogP contribution in [0.1, 0.15) is 10.6 Å². The molecule has 0 fully saturated rings. The number of halogens is 3. The summed E-state index contributed by atoms with van der Waals surface area (Å²) < 4.78 is 9.53. The van der Waals surface area contributed by atoms with Crippen molar-refractivity contribution < 1.29 is 9.21 Å². The van der Waals surface area contributed by atoms with Crippen molar-refractivity contribution in [1.29, 1.82) is 0 Å². The number of anilines is 1. The summed E-state index contributed by atoms with van der Waals surface area (Å²) in [6, 6.07) is 23.0. The van der Waals surface area contributed by atoms with Gasteiger partial charge in [0.15, 0.2) is 5.76 Å². The van der Waals surface area contributed by atoms with Gasteiger partial charge in [-0.1, -0.05) is 56.1 Å². The summed E-state index contributed by atoms with van der Waals surface area (Å²) in [7, 11) is 0. The second kappa shape index (κ2) is 8.94. The summed E-state index contributed by atoms with van der Waals surface area (Å²) in [4.78, 5) is 17.8. The fraction of sp³-hybridized carbons (Fsp3) is 0. The topological polar surface area (TPSA) is 55.1 Å². The molecule has 0 unspecified atom stereocenters. The van der Waals surface area contributed by atoms with Crippen molar-refractivity contribution in [1.82, 2.24) is 4.98 Å². The molecular weight excluding hydrogens is 620 g/mol. The fourth-order valence-electron chi connectivity index (χ4n) is 3.26. The second-order valence-electron chi connectivity index (χ2n) is 6.92. The molecule has 0 saturated carbocycles. The number of aromatic nitrogens is 1. The molecular formula is C24H13Br3N2O2S. The van der Waals surface area contributed by atoms with E-state index in [9.17, 15) is 4.79 Å². The molecule has 0 radical (unpaired) electrons. The Bertz CT molecular complexity index is 1430. The lowest BCUT2D eigenvalue weighted by atomic mass is 10.2. The van der Waals surface area contributed by atoms with E-state index in [-0.39, 0.29) is 11.7 Å². The van der Waals surface area contributed by atoms with E-state index in [2.05, 4.69) is 53.1 Å². The van der Waals surface area contributed by atoms with Gasteiger partial charge in [-0.2, -0.15) is 0 Å². The van der Waals surface area contributed by atoms with Crippen LogP contribution in [-0.2, 0) is 0 Å². The van der Waals surface area contributed by atoms with Gasteiger partial charge in [0, 0.05) is 24.5 Å². The highest BCUT2D eigenvalue weighted by Crippen LogP contribution is 2.40. The Morgan fingerprint density at radius 1 is 0.906 bits per heavy atom. The predicted molar refractivity (Wildman–Crippen MR) is 140 cm³/mol. The number of thiazole rings is 1. The zero-order chi connectivity index (χ0) is 22.2. The number of rotatable bonds is 4. The normalized spacial score (nSPS) is 11.1. The van der Waals surface area contributed by atoms with E-state index in [0.717, 1.165) is 39.8 Å². The van der Waals surface area contributed by atoms with Crippen LogP contribution < -0.4 is 5.32 Å². The van der Waals surface area contributed by atoms with Gasteiger partial charge in [-0.3, -0.25) is 4.79 Å². The van der Waals surface area contributed by atoms with E-state index in [4.69, 9.17) is 9.40 Å². The van der Waals surface area contributed by atoms with Gasteiger partial charge in [0.2, 0.25) is 0 Å². The molecule has 0 aliphatic carbocycles. The molecule has 4 nitrogen and oxygen atoms in total. The molecule has 0 atom stereocenters. The smallest absolute Gasteiger partial charge is 0.291 e. The molecule has 8 heteroatoms. The highest BCUT2D eigenvalue weighted by molar-refractivity contribution is 9.11. The summed E-state index contributed by atoms with van der Waals surface area (Å²) in [5, 5.41) is 3.82. The van der Waals surface area contributed by atoms with Crippen molar-refractivity contribution in [2.75, 3.05) is 5.32 Å². The van der Waals surface area contributed by atoms with Crippen LogP contribution in [0.25, 0.3) is 32.1 Å². The summed E-state index contributed by atoms with van der Waals surface area (Å²) in [6.45, 7) is 0. The van der Waals surface area contributed by atoms with E-state index in [1.807, 2.05) is 60.7 Å². The number of nitrogens with zero attached hydrogens (tertiary/aromatic N) is 1. The molecule has 0 spiro atoms. The first-order valence-corrected chi connectivity index (χ1v) is 12.7. The Balaban J connectivity index is 1.49. The van der Waals surface area contributed by atoms with Crippen molar-refractivity contribution in [2.24, 2.45) is 0 Å². The third-order valence-electron chi connectivity index (χ3n) is 4.78. The fourth-order valence-corrected chi connectivity index (χ4v) is 5.84. The van der Waals surface area contributed by atoms with E-state index in [1.165, 1.54) is 0 Å². The number of benzene rings is 3. The van der Waals surface area contributed by atoms with Crippen LogP contribution in [0.15, 0.2) is 90.6 Å². The Morgan fingerprint density at radius 2 is 1.69 bits per heavy atom. The van der Waals surface area contributed by atoms with E-state index in [1.54, 1.807) is 23.5 Å². The molecule has 1 amide bonds. The van der Waals surface area contributed by atoms with Crippen LogP contribution in [-0.4, -0.2) is 10.9 Å². The molecule has 0 aliphatic rings. The summed E-state index contributed by atoms with van der Waals surface area (Å²) in [5.41, 5.74) is 3.28. The number of hydrogen-bond acceptors (Lipinski definition) is 4. The number of furan rings is 1. The molecule has 158 valence electrons. The minimum Gasteiger partial charge on any atom is -0.451 e. The van der Waals surface area contributed by atoms with E-state index < -0.39 is 0 Å². The van der Waals surface area contributed by atoms with Gasteiger partial charge in [-0.25, -0.2) is 4.98 Å². The highest BCUT2D eigenvalue weighted by atomic mass is 79.9. The second-order valence-corrected chi connectivity index (χ2v) is 10.6. The van der Waals surface area contributed by atoms with Crippen LogP contribution in [0.3, 0.4) is 0 Å². The highest BCUT2D eigenvalue weighted by Gasteiger charge is 2.19. The first-order valence-electron chi connectivity index (χ1n) is 9.50. The van der Waals surface area contributed by atoms with E-state index >= 15 is 0 Å². The lowest BCUT2D eigenvalue weighted by Gasteiger charge is -2.12. The van der Waals surface area contributed by atoms with Gasteiger partial charge in [-0.05, 0) is 64.5 Å². The monoisotopic (exact) mass is 630 g/mol. The predicted octanol–water partition coefficient (Wildman–Crippen LogP) is 8.76. The average Bonchev–Trinajstić information content (AvgIpc) is 3.43. The van der Waals surface area contributed by atoms with Gasteiger partial charge in [0.1, 0.15) is 10.8 Å². The van der Waals surface area contributed by atoms with E-state index in [0.29, 0.717) is 11.4 Å². The molecule has 1 N–H and O–H groups in total. The van der Waals surface area contributed by atoms with Gasteiger partial charge in [0.05, 0.1) is 15.9 Å². The Kier molecular flexibility index (Phi) is 6.03. The van der Waals surface area contributed by atoms with Crippen LogP contribution in [0.5, 0.6) is 0 Å². The molecule has 0 aliphatic heterocycles. The maximum absolute atomic E-state index is 13.0. The van der Waals surface area contributed by atoms with Crippen molar-refractivity contribution in [3.8, 4) is 21.9 Å². The Labute approximate surface area is 213 Å². The van der Waals surface area contributed by atoms with Crippen LogP contribution >= 0.6 is 59.1 Å². The number of para-hydroxylation sites is 1. The number of hydrogen-bond donors (Lipinski definition) is 1. The van der Waals surface area contributed by atoms with Crippen molar-refractivity contribution in [3.05, 3.63) is 92.0 Å². The van der Waals surface area contributed by atoms with Gasteiger partial charge < -0.3 is 9.73 Å². The first-order chi connectivity index (χ1) is 15.5. The van der Waals surface area contributed by atoms with Crippen molar-refractivity contribution in [2.45, 2.75) is 0 Å². The molecule has 32 heavy (non-hydrogen) atoms. The largest absolute Gasteiger partial charge is 0.451 e. The Morgan fingerprint density at radius 3 is 2.47 bits per heavy atom.